The zero-order valence-corrected chi connectivity index (χ0v) is 10.2. The van der Waals surface area contributed by atoms with Crippen LogP contribution >= 0.6 is 11.3 Å². The zero-order valence-electron chi connectivity index (χ0n) is 9.37. The highest BCUT2D eigenvalue weighted by molar-refractivity contribution is 7.20. The quantitative estimate of drug-likeness (QED) is 0.658. The standard InChI is InChI=1S/C14H9NO2S/c16-14(11-6-3-4-8-15-11)17-13-9-10-5-1-2-7-12(10)18-13/h1-9H. The first kappa shape index (κ1) is 10.9. The van der Waals surface area contributed by atoms with E-state index in [1.54, 1.807) is 24.4 Å². The van der Waals surface area contributed by atoms with Crippen molar-refractivity contribution >= 4 is 27.4 Å². The van der Waals surface area contributed by atoms with Crippen LogP contribution in [0.15, 0.2) is 54.7 Å². The second-order valence-electron chi connectivity index (χ2n) is 3.71. The summed E-state index contributed by atoms with van der Waals surface area (Å²) in [6.07, 6.45) is 1.57. The van der Waals surface area contributed by atoms with Crippen LogP contribution in [-0.2, 0) is 0 Å². The van der Waals surface area contributed by atoms with Gasteiger partial charge in [0.25, 0.3) is 0 Å². The number of pyridine rings is 1. The Morgan fingerprint density at radius 3 is 2.72 bits per heavy atom. The van der Waals surface area contributed by atoms with E-state index < -0.39 is 5.97 Å². The molecule has 0 N–H and O–H groups in total. The van der Waals surface area contributed by atoms with E-state index in [0.717, 1.165) is 10.1 Å². The lowest BCUT2D eigenvalue weighted by Crippen LogP contribution is -2.09. The second kappa shape index (κ2) is 4.58. The normalized spacial score (nSPS) is 10.4. The molecule has 0 atom stereocenters. The fraction of sp³-hybridized carbons (Fsp3) is 0. The number of ether oxygens (including phenoxy) is 1. The van der Waals surface area contributed by atoms with Gasteiger partial charge in [-0.05, 0) is 23.6 Å². The molecule has 3 nitrogen and oxygen atoms in total. The van der Waals surface area contributed by atoms with Gasteiger partial charge in [0, 0.05) is 17.0 Å². The van der Waals surface area contributed by atoms with Gasteiger partial charge < -0.3 is 4.74 Å². The number of carbonyl (C=O) groups is 1. The summed E-state index contributed by atoms with van der Waals surface area (Å²) in [5.41, 5.74) is 0.315. The molecule has 0 aliphatic rings. The van der Waals surface area contributed by atoms with Crippen molar-refractivity contribution < 1.29 is 9.53 Å². The first-order valence-corrected chi connectivity index (χ1v) is 6.26. The molecule has 1 aromatic carbocycles. The minimum Gasteiger partial charge on any atom is -0.411 e. The van der Waals surface area contributed by atoms with Gasteiger partial charge in [0.05, 0.1) is 0 Å². The van der Waals surface area contributed by atoms with Crippen molar-refractivity contribution in [1.29, 1.82) is 0 Å². The van der Waals surface area contributed by atoms with Crippen LogP contribution in [-0.4, -0.2) is 11.0 Å². The van der Waals surface area contributed by atoms with E-state index in [0.29, 0.717) is 10.8 Å². The van der Waals surface area contributed by atoms with Gasteiger partial charge in [0.2, 0.25) is 0 Å². The SMILES string of the molecule is O=C(Oc1cc2ccccc2s1)c1ccccn1. The van der Waals surface area contributed by atoms with Crippen molar-refractivity contribution in [2.45, 2.75) is 0 Å². The van der Waals surface area contributed by atoms with Gasteiger partial charge >= 0.3 is 5.97 Å². The fourth-order valence-corrected chi connectivity index (χ4v) is 2.55. The molecule has 0 bridgehead atoms. The predicted molar refractivity (Wildman–Crippen MR) is 71.0 cm³/mol. The highest BCUT2D eigenvalue weighted by Gasteiger charge is 2.11. The van der Waals surface area contributed by atoms with E-state index in [2.05, 4.69) is 4.98 Å². The molecule has 0 unspecified atom stereocenters. The largest absolute Gasteiger partial charge is 0.411 e. The topological polar surface area (TPSA) is 39.2 Å². The number of carbonyl (C=O) groups excluding carboxylic acids is 1. The van der Waals surface area contributed by atoms with Crippen molar-refractivity contribution in [2.75, 3.05) is 0 Å². The molecule has 0 spiro atoms. The highest BCUT2D eigenvalue weighted by atomic mass is 32.1. The van der Waals surface area contributed by atoms with Gasteiger partial charge in [-0.3, -0.25) is 0 Å². The summed E-state index contributed by atoms with van der Waals surface area (Å²) in [4.78, 5) is 15.8. The average Bonchev–Trinajstić information content (AvgIpc) is 2.82. The van der Waals surface area contributed by atoms with E-state index in [-0.39, 0.29) is 0 Å². The molecule has 0 radical (unpaired) electrons. The highest BCUT2D eigenvalue weighted by Crippen LogP contribution is 2.31. The van der Waals surface area contributed by atoms with Crippen molar-refractivity contribution in [2.24, 2.45) is 0 Å². The monoisotopic (exact) mass is 255 g/mol. The van der Waals surface area contributed by atoms with Gasteiger partial charge in [-0.25, -0.2) is 9.78 Å². The molecule has 0 saturated carbocycles. The van der Waals surface area contributed by atoms with E-state index in [4.69, 9.17) is 4.74 Å². The van der Waals surface area contributed by atoms with E-state index in [1.165, 1.54) is 11.3 Å². The number of benzene rings is 1. The summed E-state index contributed by atoms with van der Waals surface area (Å²) in [5.74, 6) is -0.429. The lowest BCUT2D eigenvalue weighted by atomic mass is 10.3. The number of fused-ring (bicyclic) bond motifs is 1. The minimum atomic E-state index is -0.429. The summed E-state index contributed by atoms with van der Waals surface area (Å²) >= 11 is 1.45. The maximum absolute atomic E-state index is 11.8. The Hall–Kier alpha value is -2.20. The van der Waals surface area contributed by atoms with Crippen LogP contribution in [0.3, 0.4) is 0 Å². The number of hydrogen-bond donors (Lipinski definition) is 0. The van der Waals surface area contributed by atoms with Crippen molar-refractivity contribution in [3.05, 3.63) is 60.4 Å². The van der Waals surface area contributed by atoms with E-state index in [1.807, 2.05) is 30.3 Å². The van der Waals surface area contributed by atoms with Crippen LogP contribution in [0, 0.1) is 0 Å². The molecule has 3 aromatic rings. The fourth-order valence-electron chi connectivity index (χ4n) is 1.63. The maximum Gasteiger partial charge on any atom is 0.363 e. The number of hydrogen-bond acceptors (Lipinski definition) is 4. The number of esters is 1. The molecule has 0 saturated heterocycles. The Kier molecular flexibility index (Phi) is 2.78. The first-order chi connectivity index (χ1) is 8.83. The smallest absolute Gasteiger partial charge is 0.363 e. The molecule has 0 fully saturated rings. The Balaban J connectivity index is 1.86. The summed E-state index contributed by atoms with van der Waals surface area (Å²) in [5, 5.41) is 1.66. The molecule has 4 heteroatoms. The lowest BCUT2D eigenvalue weighted by molar-refractivity contribution is 0.0734. The average molecular weight is 255 g/mol. The molecule has 0 aliphatic carbocycles. The first-order valence-electron chi connectivity index (χ1n) is 5.45. The Morgan fingerprint density at radius 2 is 1.94 bits per heavy atom. The summed E-state index contributed by atoms with van der Waals surface area (Å²) in [7, 11) is 0. The lowest BCUT2D eigenvalue weighted by Gasteiger charge is -1.99. The Bertz CT molecular complexity index is 658. The second-order valence-corrected chi connectivity index (χ2v) is 4.75. The third-order valence-electron chi connectivity index (χ3n) is 2.47. The van der Waals surface area contributed by atoms with E-state index in [9.17, 15) is 4.79 Å². The third-order valence-corrected chi connectivity index (χ3v) is 3.46. The molecular weight excluding hydrogens is 246 g/mol. The number of aromatic nitrogens is 1. The van der Waals surface area contributed by atoms with Crippen LogP contribution in [0.4, 0.5) is 0 Å². The molecule has 2 heterocycles. The Labute approximate surface area is 108 Å². The van der Waals surface area contributed by atoms with Gasteiger partial charge in [-0.2, -0.15) is 0 Å². The molecule has 88 valence electrons. The summed E-state index contributed by atoms with van der Waals surface area (Å²) in [6.45, 7) is 0. The molecule has 0 aliphatic heterocycles. The van der Waals surface area contributed by atoms with Crippen LogP contribution in [0.2, 0.25) is 0 Å². The molecule has 0 amide bonds. The van der Waals surface area contributed by atoms with Crippen LogP contribution in [0.25, 0.3) is 10.1 Å². The van der Waals surface area contributed by atoms with E-state index >= 15 is 0 Å². The number of thiophene rings is 1. The van der Waals surface area contributed by atoms with Crippen LogP contribution in [0.5, 0.6) is 5.06 Å². The zero-order chi connectivity index (χ0) is 12.4. The Morgan fingerprint density at radius 1 is 1.11 bits per heavy atom. The number of rotatable bonds is 2. The number of nitrogens with zero attached hydrogens (tertiary/aromatic N) is 1. The molecule has 3 rings (SSSR count). The molecular formula is C14H9NO2S. The molecule has 2 aromatic heterocycles. The predicted octanol–water partition coefficient (Wildman–Crippen LogP) is 3.52. The van der Waals surface area contributed by atoms with Gasteiger partial charge in [0.1, 0.15) is 5.69 Å². The van der Waals surface area contributed by atoms with Gasteiger partial charge in [0.15, 0.2) is 5.06 Å². The van der Waals surface area contributed by atoms with Gasteiger partial charge in [-0.1, -0.05) is 35.6 Å². The van der Waals surface area contributed by atoms with Crippen molar-refractivity contribution in [1.82, 2.24) is 4.98 Å². The van der Waals surface area contributed by atoms with Gasteiger partial charge in [-0.15, -0.1) is 0 Å². The van der Waals surface area contributed by atoms with Crippen molar-refractivity contribution in [3.8, 4) is 5.06 Å². The summed E-state index contributed by atoms with van der Waals surface area (Å²) < 4.78 is 6.40. The maximum atomic E-state index is 11.8. The van der Waals surface area contributed by atoms with Crippen molar-refractivity contribution in [3.63, 3.8) is 0 Å². The third kappa shape index (κ3) is 2.10. The molecule has 18 heavy (non-hydrogen) atoms. The minimum absolute atomic E-state index is 0.315. The summed E-state index contributed by atoms with van der Waals surface area (Å²) in [6, 6.07) is 14.9. The van der Waals surface area contributed by atoms with Crippen LogP contribution in [0.1, 0.15) is 10.5 Å². The van der Waals surface area contributed by atoms with Crippen LogP contribution < -0.4 is 4.74 Å².